The third-order valence-electron chi connectivity index (χ3n) is 1.95. The molecule has 0 rings (SSSR count). The molecule has 0 aliphatic rings. The van der Waals surface area contributed by atoms with Crippen LogP contribution in [0.15, 0.2) is 0 Å². The molecule has 0 spiro atoms. The van der Waals surface area contributed by atoms with Gasteiger partial charge in [-0.2, -0.15) is 5.26 Å². The average Bonchev–Trinajstić information content (AvgIpc) is 2.22. The molecule has 0 saturated carbocycles. The van der Waals surface area contributed by atoms with Gasteiger partial charge in [0.05, 0.1) is 19.2 Å². The second-order valence-corrected chi connectivity index (χ2v) is 3.84. The van der Waals surface area contributed by atoms with Gasteiger partial charge in [0.25, 0.3) is 0 Å². The highest BCUT2D eigenvalue weighted by atomic mass is 16.4. The van der Waals surface area contributed by atoms with Gasteiger partial charge in [-0.05, 0) is 14.1 Å². The molecule has 0 saturated heterocycles. The van der Waals surface area contributed by atoms with Crippen LogP contribution in [0.3, 0.4) is 0 Å². The van der Waals surface area contributed by atoms with Crippen molar-refractivity contribution in [3.63, 3.8) is 0 Å². The standard InChI is InChI=1S/C10H18N4O3/c1-13(2)5-6-14(8-10(16)17)7-9(15)12-4-3-11/h4-8H2,1-2H3,(H,12,15)(H,16,17). The fourth-order valence-corrected chi connectivity index (χ4v) is 1.14. The normalized spacial score (nSPS) is 10.3. The van der Waals surface area contributed by atoms with Crippen LogP contribution in [0.2, 0.25) is 0 Å². The second kappa shape index (κ2) is 8.50. The zero-order valence-corrected chi connectivity index (χ0v) is 10.1. The number of amides is 1. The molecular weight excluding hydrogens is 224 g/mol. The van der Waals surface area contributed by atoms with Gasteiger partial charge >= 0.3 is 5.97 Å². The predicted molar refractivity (Wildman–Crippen MR) is 61.3 cm³/mol. The van der Waals surface area contributed by atoms with E-state index in [9.17, 15) is 9.59 Å². The lowest BCUT2D eigenvalue weighted by Crippen LogP contribution is -2.42. The molecule has 17 heavy (non-hydrogen) atoms. The molecule has 0 aliphatic heterocycles. The van der Waals surface area contributed by atoms with Crippen molar-refractivity contribution >= 4 is 11.9 Å². The third-order valence-corrected chi connectivity index (χ3v) is 1.95. The zero-order chi connectivity index (χ0) is 13.3. The Labute approximate surface area is 101 Å². The first-order chi connectivity index (χ1) is 7.95. The predicted octanol–water partition coefficient (Wildman–Crippen LogP) is -1.43. The SMILES string of the molecule is CN(C)CCN(CC(=O)O)CC(=O)NCC#N. The lowest BCUT2D eigenvalue weighted by Gasteiger charge is -2.21. The number of nitrogens with zero attached hydrogens (tertiary/aromatic N) is 3. The van der Waals surface area contributed by atoms with E-state index in [2.05, 4.69) is 5.32 Å². The van der Waals surface area contributed by atoms with Gasteiger partial charge in [0.2, 0.25) is 5.91 Å². The number of carbonyl (C=O) groups is 2. The smallest absolute Gasteiger partial charge is 0.317 e. The molecule has 1 amide bonds. The van der Waals surface area contributed by atoms with Gasteiger partial charge in [0, 0.05) is 13.1 Å². The fraction of sp³-hybridized carbons (Fsp3) is 0.700. The van der Waals surface area contributed by atoms with Gasteiger partial charge < -0.3 is 15.3 Å². The maximum Gasteiger partial charge on any atom is 0.317 e. The van der Waals surface area contributed by atoms with Crippen LogP contribution in [0, 0.1) is 11.3 Å². The van der Waals surface area contributed by atoms with Gasteiger partial charge in [0.1, 0.15) is 6.54 Å². The highest BCUT2D eigenvalue weighted by Crippen LogP contribution is 1.89. The number of nitriles is 1. The first-order valence-electron chi connectivity index (χ1n) is 5.18. The summed E-state index contributed by atoms with van der Waals surface area (Å²) in [5, 5.41) is 19.4. The van der Waals surface area contributed by atoms with Crippen molar-refractivity contribution in [2.24, 2.45) is 0 Å². The Morgan fingerprint density at radius 2 is 1.94 bits per heavy atom. The third kappa shape index (κ3) is 9.29. The van der Waals surface area contributed by atoms with E-state index in [-0.39, 0.29) is 25.5 Å². The Balaban J connectivity index is 4.13. The number of carboxylic acid groups (broad SMARTS) is 1. The zero-order valence-electron chi connectivity index (χ0n) is 10.1. The summed E-state index contributed by atoms with van der Waals surface area (Å²) >= 11 is 0. The molecule has 0 aromatic heterocycles. The number of carbonyl (C=O) groups excluding carboxylic acids is 1. The quantitative estimate of drug-likeness (QED) is 0.507. The minimum atomic E-state index is -0.975. The van der Waals surface area contributed by atoms with Gasteiger partial charge in [0.15, 0.2) is 0 Å². The van der Waals surface area contributed by atoms with Crippen molar-refractivity contribution in [1.29, 1.82) is 5.26 Å². The maximum absolute atomic E-state index is 11.3. The molecule has 0 heterocycles. The van der Waals surface area contributed by atoms with Crippen molar-refractivity contribution in [2.75, 3.05) is 46.8 Å². The van der Waals surface area contributed by atoms with Crippen molar-refractivity contribution < 1.29 is 14.7 Å². The summed E-state index contributed by atoms with van der Waals surface area (Å²) in [6.07, 6.45) is 0. The van der Waals surface area contributed by atoms with Gasteiger partial charge in [-0.15, -0.1) is 0 Å². The van der Waals surface area contributed by atoms with Crippen LogP contribution >= 0.6 is 0 Å². The summed E-state index contributed by atoms with van der Waals surface area (Å²) in [5.74, 6) is -1.32. The van der Waals surface area contributed by atoms with Gasteiger partial charge in [-0.3, -0.25) is 14.5 Å². The number of rotatable bonds is 8. The Hall–Kier alpha value is -1.65. The van der Waals surface area contributed by atoms with Crippen molar-refractivity contribution in [3.05, 3.63) is 0 Å². The minimum absolute atomic E-state index is 0.0121. The van der Waals surface area contributed by atoms with Crippen LogP contribution in [0.5, 0.6) is 0 Å². The average molecular weight is 242 g/mol. The van der Waals surface area contributed by atoms with E-state index < -0.39 is 5.97 Å². The molecule has 0 atom stereocenters. The first kappa shape index (κ1) is 15.3. The lowest BCUT2D eigenvalue weighted by atomic mass is 10.4. The van der Waals surface area contributed by atoms with Crippen molar-refractivity contribution in [3.8, 4) is 6.07 Å². The van der Waals surface area contributed by atoms with E-state index >= 15 is 0 Å². The minimum Gasteiger partial charge on any atom is -0.480 e. The first-order valence-corrected chi connectivity index (χ1v) is 5.18. The Morgan fingerprint density at radius 1 is 1.29 bits per heavy atom. The Kier molecular flexibility index (Phi) is 7.67. The summed E-state index contributed by atoms with van der Waals surface area (Å²) in [6, 6.07) is 1.79. The summed E-state index contributed by atoms with van der Waals surface area (Å²) in [7, 11) is 3.74. The fourth-order valence-electron chi connectivity index (χ4n) is 1.14. The largest absolute Gasteiger partial charge is 0.480 e. The van der Waals surface area contributed by atoms with E-state index in [0.717, 1.165) is 0 Å². The molecule has 7 nitrogen and oxygen atoms in total. The topological polar surface area (TPSA) is 96.7 Å². The molecule has 0 radical (unpaired) electrons. The van der Waals surface area contributed by atoms with Crippen molar-refractivity contribution in [2.45, 2.75) is 0 Å². The van der Waals surface area contributed by atoms with Crippen LogP contribution in [-0.4, -0.2) is 73.6 Å². The Bertz CT molecular complexity index is 298. The molecule has 7 heteroatoms. The van der Waals surface area contributed by atoms with Gasteiger partial charge in [-0.1, -0.05) is 0 Å². The summed E-state index contributed by atoms with van der Waals surface area (Å²) in [6.45, 7) is 0.890. The maximum atomic E-state index is 11.3. The number of aliphatic carboxylic acids is 1. The van der Waals surface area contributed by atoms with Crippen LogP contribution in [-0.2, 0) is 9.59 Å². The van der Waals surface area contributed by atoms with E-state index in [1.54, 1.807) is 6.07 Å². The van der Waals surface area contributed by atoms with E-state index in [0.29, 0.717) is 13.1 Å². The molecule has 0 bridgehead atoms. The summed E-state index contributed by atoms with van der Waals surface area (Å²) < 4.78 is 0. The molecular formula is C10H18N4O3. The molecule has 0 aliphatic carbocycles. The summed E-state index contributed by atoms with van der Waals surface area (Å²) in [4.78, 5) is 25.4. The molecule has 2 N–H and O–H groups in total. The molecule has 0 fully saturated rings. The van der Waals surface area contributed by atoms with E-state index in [1.807, 2.05) is 19.0 Å². The molecule has 0 unspecified atom stereocenters. The highest BCUT2D eigenvalue weighted by molar-refractivity contribution is 5.79. The van der Waals surface area contributed by atoms with Crippen molar-refractivity contribution in [1.82, 2.24) is 15.1 Å². The highest BCUT2D eigenvalue weighted by Gasteiger charge is 2.13. The lowest BCUT2D eigenvalue weighted by molar-refractivity contribution is -0.138. The number of likely N-dealkylation sites (N-methyl/N-ethyl adjacent to an activating group) is 1. The molecule has 96 valence electrons. The molecule has 0 aromatic rings. The number of hydrogen-bond acceptors (Lipinski definition) is 5. The Morgan fingerprint density at radius 3 is 2.41 bits per heavy atom. The van der Waals surface area contributed by atoms with Crippen LogP contribution in [0.25, 0.3) is 0 Å². The van der Waals surface area contributed by atoms with Crippen LogP contribution < -0.4 is 5.32 Å². The summed E-state index contributed by atoms with van der Waals surface area (Å²) in [5.41, 5.74) is 0. The molecule has 0 aromatic carbocycles. The number of nitrogens with one attached hydrogen (secondary N) is 1. The number of hydrogen-bond donors (Lipinski definition) is 2. The van der Waals surface area contributed by atoms with Crippen LogP contribution in [0.1, 0.15) is 0 Å². The monoisotopic (exact) mass is 242 g/mol. The van der Waals surface area contributed by atoms with E-state index in [1.165, 1.54) is 4.90 Å². The second-order valence-electron chi connectivity index (χ2n) is 3.84. The van der Waals surface area contributed by atoms with E-state index in [4.69, 9.17) is 10.4 Å². The van der Waals surface area contributed by atoms with Crippen LogP contribution in [0.4, 0.5) is 0 Å². The number of carboxylic acids is 1. The van der Waals surface area contributed by atoms with Gasteiger partial charge in [-0.25, -0.2) is 0 Å².